The summed E-state index contributed by atoms with van der Waals surface area (Å²) in [4.78, 5) is 16.8. The smallest absolute Gasteiger partial charge is 0.387 e. The standard InChI is InChI=1S/C15H12BrF2N3O2/c1-21(2)7-9(6-19)14(22)12-3-8-4-13(23-15(17)18)10(16)5-11(8)20-12/h3-5,7,15,20H,1-2H3/b9-7+. The topological polar surface area (TPSA) is 69.1 Å². The Morgan fingerprint density at radius 2 is 2.13 bits per heavy atom. The van der Waals surface area contributed by atoms with Crippen LogP contribution >= 0.6 is 15.9 Å². The average Bonchev–Trinajstić information content (AvgIpc) is 2.86. The van der Waals surface area contributed by atoms with Crippen LogP contribution in [0.3, 0.4) is 0 Å². The molecule has 0 aliphatic carbocycles. The van der Waals surface area contributed by atoms with Gasteiger partial charge in [-0.3, -0.25) is 4.79 Å². The number of aromatic amines is 1. The number of hydrogen-bond donors (Lipinski definition) is 1. The first-order valence-corrected chi connectivity index (χ1v) is 7.21. The highest BCUT2D eigenvalue weighted by atomic mass is 79.9. The van der Waals surface area contributed by atoms with E-state index in [1.807, 2.05) is 6.07 Å². The molecule has 1 aromatic heterocycles. The van der Waals surface area contributed by atoms with E-state index in [0.717, 1.165) is 0 Å². The van der Waals surface area contributed by atoms with Crippen molar-refractivity contribution in [1.82, 2.24) is 9.88 Å². The van der Waals surface area contributed by atoms with Gasteiger partial charge < -0.3 is 14.6 Å². The van der Waals surface area contributed by atoms with Crippen molar-refractivity contribution in [3.63, 3.8) is 0 Å². The van der Waals surface area contributed by atoms with E-state index < -0.39 is 12.4 Å². The lowest BCUT2D eigenvalue weighted by Crippen LogP contribution is -2.09. The highest BCUT2D eigenvalue weighted by Crippen LogP contribution is 2.32. The van der Waals surface area contributed by atoms with E-state index in [9.17, 15) is 13.6 Å². The fourth-order valence-electron chi connectivity index (χ4n) is 1.98. The largest absolute Gasteiger partial charge is 0.434 e. The van der Waals surface area contributed by atoms with Gasteiger partial charge in [-0.25, -0.2) is 0 Å². The lowest BCUT2D eigenvalue weighted by atomic mass is 10.1. The third-order valence-corrected chi connectivity index (χ3v) is 3.51. The van der Waals surface area contributed by atoms with E-state index in [0.29, 0.717) is 15.4 Å². The molecule has 0 fully saturated rings. The summed E-state index contributed by atoms with van der Waals surface area (Å²) in [6.07, 6.45) is 1.41. The van der Waals surface area contributed by atoms with Gasteiger partial charge in [0.2, 0.25) is 5.78 Å². The number of aromatic nitrogens is 1. The number of carbonyl (C=O) groups is 1. The maximum atomic E-state index is 12.4. The van der Waals surface area contributed by atoms with Crippen LogP contribution in [0.4, 0.5) is 8.78 Å². The second-order valence-corrected chi connectivity index (χ2v) is 5.73. The Kier molecular flexibility index (Phi) is 5.01. The van der Waals surface area contributed by atoms with E-state index in [1.165, 1.54) is 24.4 Å². The van der Waals surface area contributed by atoms with Gasteiger partial charge in [-0.15, -0.1) is 0 Å². The Labute approximate surface area is 139 Å². The monoisotopic (exact) mass is 383 g/mol. The molecule has 1 heterocycles. The SMILES string of the molecule is CN(C)/C=C(\C#N)C(=O)c1cc2cc(OC(F)F)c(Br)cc2[nH]1. The van der Waals surface area contributed by atoms with Gasteiger partial charge in [-0.2, -0.15) is 14.0 Å². The van der Waals surface area contributed by atoms with Crippen molar-refractivity contribution < 1.29 is 18.3 Å². The van der Waals surface area contributed by atoms with Gasteiger partial charge in [0.1, 0.15) is 17.4 Å². The predicted molar refractivity (Wildman–Crippen MR) is 84.3 cm³/mol. The quantitative estimate of drug-likeness (QED) is 0.485. The molecule has 5 nitrogen and oxygen atoms in total. The number of fused-ring (bicyclic) bond motifs is 1. The summed E-state index contributed by atoms with van der Waals surface area (Å²) in [6.45, 7) is -2.95. The number of alkyl halides is 2. The molecule has 0 unspecified atom stereocenters. The average molecular weight is 384 g/mol. The number of benzene rings is 1. The molecule has 0 amide bonds. The molecule has 0 saturated carbocycles. The number of nitriles is 1. The van der Waals surface area contributed by atoms with Crippen LogP contribution in [0.15, 0.2) is 34.4 Å². The van der Waals surface area contributed by atoms with Crippen LogP contribution in [-0.2, 0) is 0 Å². The Morgan fingerprint density at radius 3 is 2.70 bits per heavy atom. The molecule has 0 bridgehead atoms. The highest BCUT2D eigenvalue weighted by molar-refractivity contribution is 9.10. The number of allylic oxidation sites excluding steroid dienone is 1. The zero-order chi connectivity index (χ0) is 17.1. The van der Waals surface area contributed by atoms with Crippen LogP contribution < -0.4 is 4.74 Å². The molecule has 0 aliphatic heterocycles. The predicted octanol–water partition coefficient (Wildman–Crippen LogP) is 3.68. The molecule has 2 aromatic rings. The van der Waals surface area contributed by atoms with Crippen LogP contribution in [-0.4, -0.2) is 36.4 Å². The minimum atomic E-state index is -2.95. The maximum Gasteiger partial charge on any atom is 0.387 e. The van der Waals surface area contributed by atoms with E-state index in [1.54, 1.807) is 19.0 Å². The van der Waals surface area contributed by atoms with Crippen LogP contribution in [0.25, 0.3) is 10.9 Å². The summed E-state index contributed by atoms with van der Waals surface area (Å²) >= 11 is 3.13. The van der Waals surface area contributed by atoms with Gasteiger partial charge in [0.15, 0.2) is 0 Å². The van der Waals surface area contributed by atoms with Crippen LogP contribution in [0.2, 0.25) is 0 Å². The molecule has 120 valence electrons. The van der Waals surface area contributed by atoms with Gasteiger partial charge in [0, 0.05) is 31.2 Å². The number of carbonyl (C=O) groups excluding carboxylic acids is 1. The molecular formula is C15H12BrF2N3O2. The normalized spacial score (nSPS) is 11.6. The number of ether oxygens (including phenoxy) is 1. The van der Waals surface area contributed by atoms with Crippen molar-refractivity contribution in [3.8, 4) is 11.8 Å². The molecular weight excluding hydrogens is 372 g/mol. The van der Waals surface area contributed by atoms with Crippen molar-refractivity contribution in [2.75, 3.05) is 14.1 Å². The fourth-order valence-corrected chi connectivity index (χ4v) is 2.42. The Morgan fingerprint density at radius 1 is 1.43 bits per heavy atom. The second kappa shape index (κ2) is 6.79. The van der Waals surface area contributed by atoms with Gasteiger partial charge in [-0.05, 0) is 34.1 Å². The number of H-pyrrole nitrogens is 1. The summed E-state index contributed by atoms with van der Waals surface area (Å²) in [5.74, 6) is -0.514. The third kappa shape index (κ3) is 3.87. The van der Waals surface area contributed by atoms with Crippen molar-refractivity contribution in [3.05, 3.63) is 40.1 Å². The first kappa shape index (κ1) is 17.0. The van der Waals surface area contributed by atoms with Crippen molar-refractivity contribution >= 4 is 32.6 Å². The number of hydrogen-bond acceptors (Lipinski definition) is 4. The molecule has 0 aliphatic rings. The molecule has 0 radical (unpaired) electrons. The van der Waals surface area contributed by atoms with Crippen LogP contribution in [0.5, 0.6) is 5.75 Å². The first-order chi connectivity index (χ1) is 10.8. The molecule has 2 rings (SSSR count). The molecule has 0 spiro atoms. The summed E-state index contributed by atoms with van der Waals surface area (Å²) in [7, 11) is 3.39. The number of nitrogens with one attached hydrogen (secondary N) is 1. The van der Waals surface area contributed by atoms with Crippen molar-refractivity contribution in [2.45, 2.75) is 6.61 Å². The zero-order valence-electron chi connectivity index (χ0n) is 12.2. The molecule has 1 aromatic carbocycles. The van der Waals surface area contributed by atoms with Crippen LogP contribution in [0.1, 0.15) is 10.5 Å². The highest BCUT2D eigenvalue weighted by Gasteiger charge is 2.17. The first-order valence-electron chi connectivity index (χ1n) is 6.42. The van der Waals surface area contributed by atoms with Crippen molar-refractivity contribution in [1.29, 1.82) is 5.26 Å². The summed E-state index contributed by atoms with van der Waals surface area (Å²) in [5.41, 5.74) is 0.712. The molecule has 1 N–H and O–H groups in total. The van der Waals surface area contributed by atoms with Gasteiger partial charge in [-0.1, -0.05) is 0 Å². The summed E-state index contributed by atoms with van der Waals surface area (Å²) in [6, 6.07) is 6.25. The maximum absolute atomic E-state index is 12.4. The number of halogens is 3. The van der Waals surface area contributed by atoms with Gasteiger partial charge in [0.25, 0.3) is 0 Å². The van der Waals surface area contributed by atoms with Crippen LogP contribution in [0, 0.1) is 11.3 Å². The number of ketones is 1. The fraction of sp³-hybridized carbons (Fsp3) is 0.200. The minimum Gasteiger partial charge on any atom is -0.434 e. The third-order valence-electron chi connectivity index (χ3n) is 2.89. The van der Waals surface area contributed by atoms with Gasteiger partial charge >= 0.3 is 6.61 Å². The Bertz CT molecular complexity index is 822. The van der Waals surface area contributed by atoms with Crippen molar-refractivity contribution in [2.24, 2.45) is 0 Å². The number of rotatable bonds is 5. The summed E-state index contributed by atoms with van der Waals surface area (Å²) < 4.78 is 29.4. The second-order valence-electron chi connectivity index (χ2n) is 4.88. The Balaban J connectivity index is 2.44. The molecule has 0 atom stereocenters. The molecule has 0 saturated heterocycles. The van der Waals surface area contributed by atoms with E-state index in [2.05, 4.69) is 25.7 Å². The Hall–Kier alpha value is -2.40. The lowest BCUT2D eigenvalue weighted by molar-refractivity contribution is -0.0502. The molecule has 23 heavy (non-hydrogen) atoms. The minimum absolute atomic E-state index is 0.0326. The summed E-state index contributed by atoms with van der Waals surface area (Å²) in [5, 5.41) is 9.60. The lowest BCUT2D eigenvalue weighted by Gasteiger charge is -2.06. The van der Waals surface area contributed by atoms with E-state index in [-0.39, 0.29) is 17.0 Å². The number of nitrogens with zero attached hydrogens (tertiary/aromatic N) is 2. The zero-order valence-corrected chi connectivity index (χ0v) is 13.8. The van der Waals surface area contributed by atoms with Gasteiger partial charge in [0.05, 0.1) is 10.2 Å². The van der Waals surface area contributed by atoms with E-state index in [4.69, 9.17) is 5.26 Å². The molecule has 8 heteroatoms. The number of Topliss-reactive ketones (excluding diaryl/α,β-unsaturated/α-hetero) is 1. The van der Waals surface area contributed by atoms with E-state index >= 15 is 0 Å².